The molecule has 0 aliphatic carbocycles. The first-order chi connectivity index (χ1) is 6.91. The third-order valence-corrected chi connectivity index (χ3v) is 2.54. The number of nitrogen functional groups attached to an aromatic ring is 1. The van der Waals surface area contributed by atoms with Gasteiger partial charge in [-0.1, -0.05) is 6.07 Å². The maximum Gasteiger partial charge on any atom is 0.320 e. The molecule has 1 rings (SSSR count). The molecule has 0 aromatic heterocycles. The fourth-order valence-corrected chi connectivity index (χ4v) is 1.42. The summed E-state index contributed by atoms with van der Waals surface area (Å²) in [5.41, 5.74) is 14.9. The lowest BCUT2D eigenvalue weighted by molar-refractivity contribution is -0.138. The van der Waals surface area contributed by atoms with Gasteiger partial charge in [-0.3, -0.25) is 4.79 Å². The third kappa shape index (κ3) is 2.70. The van der Waals surface area contributed by atoms with E-state index in [9.17, 15) is 4.79 Å². The molecule has 0 saturated carbocycles. The van der Waals surface area contributed by atoms with Crippen LogP contribution in [0.15, 0.2) is 12.1 Å². The van der Waals surface area contributed by atoms with Gasteiger partial charge in [-0.05, 0) is 43.0 Å². The van der Waals surface area contributed by atoms with Gasteiger partial charge in [0.05, 0.1) is 0 Å². The van der Waals surface area contributed by atoms with E-state index >= 15 is 0 Å². The van der Waals surface area contributed by atoms with Crippen LogP contribution in [0.5, 0.6) is 0 Å². The molecule has 0 radical (unpaired) electrons. The largest absolute Gasteiger partial charge is 0.480 e. The number of benzene rings is 1. The van der Waals surface area contributed by atoms with Crippen molar-refractivity contribution in [1.82, 2.24) is 0 Å². The van der Waals surface area contributed by atoms with Crippen molar-refractivity contribution in [3.63, 3.8) is 0 Å². The van der Waals surface area contributed by atoms with E-state index in [-0.39, 0.29) is 0 Å². The Labute approximate surface area is 88.9 Å². The first kappa shape index (κ1) is 11.5. The van der Waals surface area contributed by atoms with Crippen molar-refractivity contribution in [3.8, 4) is 0 Å². The molecule has 1 aromatic carbocycles. The van der Waals surface area contributed by atoms with Gasteiger partial charge < -0.3 is 16.6 Å². The minimum Gasteiger partial charge on any atom is -0.480 e. The third-order valence-electron chi connectivity index (χ3n) is 2.54. The van der Waals surface area contributed by atoms with Gasteiger partial charge in [0.2, 0.25) is 0 Å². The van der Waals surface area contributed by atoms with Crippen LogP contribution in [-0.2, 0) is 11.2 Å². The van der Waals surface area contributed by atoms with Crippen LogP contribution in [0.3, 0.4) is 0 Å². The molecule has 1 atom stereocenters. The fraction of sp³-hybridized carbons (Fsp3) is 0.364. The van der Waals surface area contributed by atoms with E-state index in [0.717, 1.165) is 16.7 Å². The zero-order valence-electron chi connectivity index (χ0n) is 8.95. The second-order valence-corrected chi connectivity index (χ2v) is 3.78. The van der Waals surface area contributed by atoms with Crippen LogP contribution in [0.1, 0.15) is 16.7 Å². The molecule has 1 aromatic rings. The highest BCUT2D eigenvalue weighted by Crippen LogP contribution is 2.18. The molecule has 0 aliphatic heterocycles. The van der Waals surface area contributed by atoms with Crippen LogP contribution in [0.25, 0.3) is 0 Å². The molecule has 0 spiro atoms. The van der Waals surface area contributed by atoms with Crippen LogP contribution in [0.4, 0.5) is 5.69 Å². The molecule has 4 nitrogen and oxygen atoms in total. The summed E-state index contributed by atoms with van der Waals surface area (Å²) in [7, 11) is 0. The molecule has 0 saturated heterocycles. The van der Waals surface area contributed by atoms with Crippen LogP contribution >= 0.6 is 0 Å². The van der Waals surface area contributed by atoms with Crippen molar-refractivity contribution in [3.05, 3.63) is 28.8 Å². The summed E-state index contributed by atoms with van der Waals surface area (Å²) < 4.78 is 0. The van der Waals surface area contributed by atoms with Crippen LogP contribution < -0.4 is 11.5 Å². The van der Waals surface area contributed by atoms with Gasteiger partial charge in [0, 0.05) is 5.69 Å². The Morgan fingerprint density at radius 3 is 2.53 bits per heavy atom. The predicted octanol–water partition coefficient (Wildman–Crippen LogP) is 0.840. The quantitative estimate of drug-likeness (QED) is 0.642. The SMILES string of the molecule is Cc1cc(CC(N)C(=O)O)cc(N)c1C. The normalized spacial score (nSPS) is 12.5. The van der Waals surface area contributed by atoms with Crippen LogP contribution in [0, 0.1) is 13.8 Å². The maximum absolute atomic E-state index is 10.6. The van der Waals surface area contributed by atoms with Gasteiger partial charge in [0.15, 0.2) is 0 Å². The first-order valence-corrected chi connectivity index (χ1v) is 4.75. The number of rotatable bonds is 3. The summed E-state index contributed by atoms with van der Waals surface area (Å²) >= 11 is 0. The number of nitrogens with two attached hydrogens (primary N) is 2. The Hall–Kier alpha value is -1.55. The van der Waals surface area contributed by atoms with E-state index in [0.29, 0.717) is 12.1 Å². The minimum atomic E-state index is -0.994. The average molecular weight is 208 g/mol. The zero-order valence-corrected chi connectivity index (χ0v) is 8.95. The van der Waals surface area contributed by atoms with Crippen molar-refractivity contribution < 1.29 is 9.90 Å². The van der Waals surface area contributed by atoms with E-state index in [2.05, 4.69) is 0 Å². The fourth-order valence-electron chi connectivity index (χ4n) is 1.42. The van der Waals surface area contributed by atoms with Gasteiger partial charge in [0.25, 0.3) is 0 Å². The van der Waals surface area contributed by atoms with Crippen molar-refractivity contribution in [1.29, 1.82) is 0 Å². The van der Waals surface area contributed by atoms with E-state index in [1.165, 1.54) is 0 Å². The molecule has 4 heteroatoms. The van der Waals surface area contributed by atoms with Crippen molar-refractivity contribution >= 4 is 11.7 Å². The highest BCUT2D eigenvalue weighted by molar-refractivity contribution is 5.73. The van der Waals surface area contributed by atoms with Crippen molar-refractivity contribution in [2.45, 2.75) is 26.3 Å². The summed E-state index contributed by atoms with van der Waals surface area (Å²) in [6.07, 6.45) is 0.306. The average Bonchev–Trinajstić information content (AvgIpc) is 2.13. The Kier molecular flexibility index (Phi) is 3.31. The molecule has 82 valence electrons. The molecule has 0 bridgehead atoms. The number of hydrogen-bond acceptors (Lipinski definition) is 3. The van der Waals surface area contributed by atoms with Crippen molar-refractivity contribution in [2.24, 2.45) is 5.73 Å². The molecule has 5 N–H and O–H groups in total. The molecule has 0 heterocycles. The highest BCUT2D eigenvalue weighted by atomic mass is 16.4. The summed E-state index contributed by atoms with van der Waals surface area (Å²) in [5, 5.41) is 8.68. The topological polar surface area (TPSA) is 89.3 Å². The van der Waals surface area contributed by atoms with Crippen LogP contribution in [-0.4, -0.2) is 17.1 Å². The Bertz CT molecular complexity index is 365. The van der Waals surface area contributed by atoms with E-state index in [1.54, 1.807) is 6.07 Å². The molecular formula is C11H16N2O2. The number of aliphatic carboxylic acids is 1. The monoisotopic (exact) mass is 208 g/mol. The summed E-state index contributed by atoms with van der Waals surface area (Å²) in [6, 6.07) is 2.84. The van der Waals surface area contributed by atoms with Gasteiger partial charge in [0.1, 0.15) is 6.04 Å². The summed E-state index contributed by atoms with van der Waals surface area (Å²) in [6.45, 7) is 3.88. The Balaban J connectivity index is 2.92. The maximum atomic E-state index is 10.6. The second-order valence-electron chi connectivity index (χ2n) is 3.78. The predicted molar refractivity (Wildman–Crippen MR) is 59.6 cm³/mol. The van der Waals surface area contributed by atoms with Gasteiger partial charge in [-0.15, -0.1) is 0 Å². The molecule has 0 aliphatic rings. The standard InChI is InChI=1S/C11H16N2O2/c1-6-3-8(4-9(12)7(6)2)5-10(13)11(14)15/h3-4,10H,5,12-13H2,1-2H3,(H,14,15). The lowest BCUT2D eigenvalue weighted by atomic mass is 10.00. The molecule has 1 unspecified atom stereocenters. The molecule has 0 fully saturated rings. The molecular weight excluding hydrogens is 192 g/mol. The highest BCUT2D eigenvalue weighted by Gasteiger charge is 2.13. The molecule has 0 amide bonds. The van der Waals surface area contributed by atoms with E-state index in [4.69, 9.17) is 16.6 Å². The lowest BCUT2D eigenvalue weighted by Crippen LogP contribution is -2.32. The summed E-state index contributed by atoms with van der Waals surface area (Å²) in [5.74, 6) is -0.994. The number of anilines is 1. The van der Waals surface area contributed by atoms with Crippen molar-refractivity contribution in [2.75, 3.05) is 5.73 Å². The smallest absolute Gasteiger partial charge is 0.320 e. The minimum absolute atomic E-state index is 0.306. The molecule has 15 heavy (non-hydrogen) atoms. The number of carboxylic acids is 1. The van der Waals surface area contributed by atoms with Crippen LogP contribution in [0.2, 0.25) is 0 Å². The van der Waals surface area contributed by atoms with Gasteiger partial charge in [-0.2, -0.15) is 0 Å². The number of aryl methyl sites for hydroxylation is 1. The van der Waals surface area contributed by atoms with Gasteiger partial charge >= 0.3 is 5.97 Å². The lowest BCUT2D eigenvalue weighted by Gasteiger charge is -2.10. The van der Waals surface area contributed by atoms with E-state index < -0.39 is 12.0 Å². The number of carbonyl (C=O) groups is 1. The summed E-state index contributed by atoms with van der Waals surface area (Å²) in [4.78, 5) is 10.6. The zero-order chi connectivity index (χ0) is 11.6. The number of carboxylic acid groups (broad SMARTS) is 1. The Morgan fingerprint density at radius 2 is 2.07 bits per heavy atom. The second kappa shape index (κ2) is 4.31. The van der Waals surface area contributed by atoms with Gasteiger partial charge in [-0.25, -0.2) is 0 Å². The number of hydrogen-bond donors (Lipinski definition) is 3. The Morgan fingerprint density at radius 1 is 1.47 bits per heavy atom. The first-order valence-electron chi connectivity index (χ1n) is 4.75. The van der Waals surface area contributed by atoms with E-state index in [1.807, 2.05) is 19.9 Å².